The molecule has 0 saturated heterocycles. The highest BCUT2D eigenvalue weighted by Gasteiger charge is 2.23. The minimum absolute atomic E-state index is 0.0610. The molecule has 0 radical (unpaired) electrons. The Hall–Kier alpha value is -1.09. The van der Waals surface area contributed by atoms with E-state index in [9.17, 15) is 4.79 Å². The van der Waals surface area contributed by atoms with Crippen LogP contribution in [0.15, 0.2) is 12.1 Å². The minimum Gasteiger partial charge on any atom is -0.339 e. The summed E-state index contributed by atoms with van der Waals surface area (Å²) in [6, 6.07) is 3.90. The third kappa shape index (κ3) is 3.47. The van der Waals surface area contributed by atoms with Gasteiger partial charge in [0, 0.05) is 24.3 Å². The second-order valence-corrected chi connectivity index (χ2v) is 5.62. The third-order valence-corrected chi connectivity index (χ3v) is 4.09. The number of carbonyl (C=O) groups excluding carboxylic acids is 1. The number of carbonyl (C=O) groups is 1. The van der Waals surface area contributed by atoms with Crippen molar-refractivity contribution in [3.63, 3.8) is 0 Å². The topological polar surface area (TPSA) is 33.2 Å². The Balaban J connectivity index is 2.15. The molecule has 1 heterocycles. The van der Waals surface area contributed by atoms with Crippen LogP contribution < -0.4 is 0 Å². The van der Waals surface area contributed by atoms with Crippen molar-refractivity contribution >= 4 is 17.5 Å². The first-order valence-electron chi connectivity index (χ1n) is 7.05. The summed E-state index contributed by atoms with van der Waals surface area (Å²) in [7, 11) is 1.90. The van der Waals surface area contributed by atoms with E-state index in [2.05, 4.69) is 4.98 Å². The predicted octanol–water partition coefficient (Wildman–Crippen LogP) is 3.70. The number of aromatic nitrogens is 1. The number of hydrogen-bond donors (Lipinski definition) is 0. The first-order chi connectivity index (χ1) is 9.11. The Morgan fingerprint density at radius 2 is 2.05 bits per heavy atom. The van der Waals surface area contributed by atoms with Crippen molar-refractivity contribution in [2.24, 2.45) is 0 Å². The fraction of sp³-hybridized carbons (Fsp3) is 0.600. The Morgan fingerprint density at radius 1 is 1.37 bits per heavy atom. The molecule has 3 nitrogen and oxygen atoms in total. The van der Waals surface area contributed by atoms with Crippen molar-refractivity contribution in [2.45, 2.75) is 51.5 Å². The Labute approximate surface area is 120 Å². The molecular weight excluding hydrogens is 260 g/mol. The molecule has 1 saturated carbocycles. The van der Waals surface area contributed by atoms with Crippen LogP contribution in [0.5, 0.6) is 0 Å². The van der Waals surface area contributed by atoms with Gasteiger partial charge in [0.05, 0.1) is 0 Å². The van der Waals surface area contributed by atoms with Gasteiger partial charge in [-0.05, 0) is 31.4 Å². The summed E-state index contributed by atoms with van der Waals surface area (Å²) in [5.41, 5.74) is 1.53. The molecule has 0 bridgehead atoms. The maximum atomic E-state index is 12.5. The van der Waals surface area contributed by atoms with E-state index in [-0.39, 0.29) is 5.91 Å². The second kappa shape index (κ2) is 6.38. The summed E-state index contributed by atoms with van der Waals surface area (Å²) >= 11 is 5.98. The van der Waals surface area contributed by atoms with E-state index in [1.165, 1.54) is 19.3 Å². The van der Waals surface area contributed by atoms with Crippen LogP contribution >= 0.6 is 11.6 Å². The smallest absolute Gasteiger partial charge is 0.254 e. The molecule has 4 heteroatoms. The summed E-state index contributed by atoms with van der Waals surface area (Å²) in [4.78, 5) is 18.6. The Bertz CT molecular complexity index is 455. The zero-order valence-electron chi connectivity index (χ0n) is 11.7. The van der Waals surface area contributed by atoms with Crippen LogP contribution in [-0.2, 0) is 6.42 Å². The molecule has 1 aliphatic rings. The van der Waals surface area contributed by atoms with E-state index >= 15 is 0 Å². The second-order valence-electron chi connectivity index (χ2n) is 5.23. The highest BCUT2D eigenvalue weighted by Crippen LogP contribution is 2.23. The average molecular weight is 281 g/mol. The number of pyridine rings is 1. The van der Waals surface area contributed by atoms with Crippen molar-refractivity contribution in [3.05, 3.63) is 28.5 Å². The predicted molar refractivity (Wildman–Crippen MR) is 77.6 cm³/mol. The lowest BCUT2D eigenvalue weighted by atomic mass is 9.94. The van der Waals surface area contributed by atoms with Gasteiger partial charge in [0.25, 0.3) is 5.91 Å². The Kier molecular flexibility index (Phi) is 4.81. The van der Waals surface area contributed by atoms with E-state index in [1.807, 2.05) is 24.9 Å². The SMILES string of the molecule is CCc1cc(C(=O)N(C)C2CCCCC2)cc(Cl)n1. The van der Waals surface area contributed by atoms with Crippen molar-refractivity contribution in [1.29, 1.82) is 0 Å². The van der Waals surface area contributed by atoms with Crippen LogP contribution in [0.2, 0.25) is 5.15 Å². The molecule has 0 spiro atoms. The normalized spacial score (nSPS) is 16.4. The highest BCUT2D eigenvalue weighted by molar-refractivity contribution is 6.29. The largest absolute Gasteiger partial charge is 0.339 e. The van der Waals surface area contributed by atoms with Crippen LogP contribution in [-0.4, -0.2) is 28.9 Å². The van der Waals surface area contributed by atoms with E-state index in [0.717, 1.165) is 25.0 Å². The third-order valence-electron chi connectivity index (χ3n) is 3.90. The van der Waals surface area contributed by atoms with Gasteiger partial charge in [-0.25, -0.2) is 4.98 Å². The number of rotatable bonds is 3. The van der Waals surface area contributed by atoms with Gasteiger partial charge in [0.1, 0.15) is 5.15 Å². The lowest BCUT2D eigenvalue weighted by molar-refractivity contribution is 0.0696. The number of amides is 1. The summed E-state index contributed by atoms with van der Waals surface area (Å²) < 4.78 is 0. The molecule has 1 aromatic rings. The molecule has 1 amide bonds. The Morgan fingerprint density at radius 3 is 2.68 bits per heavy atom. The average Bonchev–Trinajstić information content (AvgIpc) is 2.46. The van der Waals surface area contributed by atoms with Gasteiger partial charge in [-0.15, -0.1) is 0 Å². The molecule has 2 rings (SSSR count). The summed E-state index contributed by atoms with van der Waals surface area (Å²) in [5.74, 6) is 0.0610. The lowest BCUT2D eigenvalue weighted by Crippen LogP contribution is -2.38. The van der Waals surface area contributed by atoms with E-state index in [1.54, 1.807) is 6.07 Å². The molecule has 0 N–H and O–H groups in total. The fourth-order valence-electron chi connectivity index (χ4n) is 2.69. The summed E-state index contributed by atoms with van der Waals surface area (Å²) in [6.07, 6.45) is 6.75. The molecule has 1 aliphatic carbocycles. The van der Waals surface area contributed by atoms with Gasteiger partial charge in [-0.2, -0.15) is 0 Å². The molecule has 0 aromatic carbocycles. The van der Waals surface area contributed by atoms with Crippen LogP contribution in [0.1, 0.15) is 55.1 Å². The number of aryl methyl sites for hydroxylation is 1. The lowest BCUT2D eigenvalue weighted by Gasteiger charge is -2.31. The molecule has 0 unspecified atom stereocenters. The first kappa shape index (κ1) is 14.3. The van der Waals surface area contributed by atoms with Crippen molar-refractivity contribution in [3.8, 4) is 0 Å². The molecule has 1 aromatic heterocycles. The van der Waals surface area contributed by atoms with E-state index < -0.39 is 0 Å². The van der Waals surface area contributed by atoms with Gasteiger partial charge < -0.3 is 4.90 Å². The molecule has 104 valence electrons. The van der Waals surface area contributed by atoms with Crippen molar-refractivity contribution in [2.75, 3.05) is 7.05 Å². The standard InChI is InChI=1S/C15H21ClN2O/c1-3-12-9-11(10-14(16)17-12)15(19)18(2)13-7-5-4-6-8-13/h9-10,13H,3-8H2,1-2H3. The molecular formula is C15H21ClN2O. The molecule has 0 aliphatic heterocycles. The van der Waals surface area contributed by atoms with Gasteiger partial charge in [0.2, 0.25) is 0 Å². The van der Waals surface area contributed by atoms with Crippen LogP contribution in [0.4, 0.5) is 0 Å². The van der Waals surface area contributed by atoms with Gasteiger partial charge in [0.15, 0.2) is 0 Å². The van der Waals surface area contributed by atoms with E-state index in [0.29, 0.717) is 16.8 Å². The zero-order chi connectivity index (χ0) is 13.8. The maximum Gasteiger partial charge on any atom is 0.254 e. The summed E-state index contributed by atoms with van der Waals surface area (Å²) in [6.45, 7) is 2.01. The van der Waals surface area contributed by atoms with Crippen molar-refractivity contribution < 1.29 is 4.79 Å². The maximum absolute atomic E-state index is 12.5. The van der Waals surface area contributed by atoms with Crippen LogP contribution in [0.25, 0.3) is 0 Å². The van der Waals surface area contributed by atoms with Crippen molar-refractivity contribution in [1.82, 2.24) is 9.88 Å². The molecule has 0 atom stereocenters. The monoisotopic (exact) mass is 280 g/mol. The molecule has 1 fully saturated rings. The van der Waals surface area contributed by atoms with Gasteiger partial charge in [-0.1, -0.05) is 37.8 Å². The van der Waals surface area contributed by atoms with Crippen LogP contribution in [0.3, 0.4) is 0 Å². The number of hydrogen-bond acceptors (Lipinski definition) is 2. The van der Waals surface area contributed by atoms with Crippen LogP contribution in [0, 0.1) is 0 Å². The summed E-state index contributed by atoms with van der Waals surface area (Å²) in [5, 5.41) is 0.403. The quantitative estimate of drug-likeness (QED) is 0.791. The zero-order valence-corrected chi connectivity index (χ0v) is 12.4. The number of halogens is 1. The van der Waals surface area contributed by atoms with Gasteiger partial charge in [-0.3, -0.25) is 4.79 Å². The number of nitrogens with zero attached hydrogens (tertiary/aromatic N) is 2. The minimum atomic E-state index is 0.0610. The van der Waals surface area contributed by atoms with E-state index in [4.69, 9.17) is 11.6 Å². The first-order valence-corrected chi connectivity index (χ1v) is 7.43. The van der Waals surface area contributed by atoms with Gasteiger partial charge >= 0.3 is 0 Å². The molecule has 19 heavy (non-hydrogen) atoms. The highest BCUT2D eigenvalue weighted by atomic mass is 35.5. The fourth-order valence-corrected chi connectivity index (χ4v) is 2.92.